The summed E-state index contributed by atoms with van der Waals surface area (Å²) in [5.74, 6) is 0. The van der Waals surface area contributed by atoms with Gasteiger partial charge in [0.05, 0.1) is 6.54 Å². The highest BCUT2D eigenvalue weighted by Crippen LogP contribution is 2.35. The van der Waals surface area contributed by atoms with Crippen molar-refractivity contribution in [1.29, 1.82) is 0 Å². The highest BCUT2D eigenvalue weighted by Gasteiger charge is 2.31. The second-order valence-electron chi connectivity index (χ2n) is 5.22. The molecule has 0 saturated heterocycles. The van der Waals surface area contributed by atoms with Gasteiger partial charge in [-0.1, -0.05) is 13.0 Å². The molecule has 1 fully saturated rings. The maximum atomic E-state index is 4.65. The van der Waals surface area contributed by atoms with E-state index in [0.717, 1.165) is 19.6 Å². The monoisotopic (exact) mass is 307 g/mol. The highest BCUT2D eigenvalue weighted by atomic mass is 32.1. The van der Waals surface area contributed by atoms with Crippen LogP contribution in [0.1, 0.15) is 35.9 Å². The van der Waals surface area contributed by atoms with E-state index < -0.39 is 0 Å². The van der Waals surface area contributed by atoms with Crippen molar-refractivity contribution in [2.24, 2.45) is 0 Å². The molecule has 1 N–H and O–H groups in total. The molecular weight excluding hydrogens is 286 g/mol. The van der Waals surface area contributed by atoms with Gasteiger partial charge in [0.1, 0.15) is 0 Å². The zero-order valence-corrected chi connectivity index (χ0v) is 13.5. The Morgan fingerprint density at radius 3 is 3.00 bits per heavy atom. The summed E-state index contributed by atoms with van der Waals surface area (Å²) < 4.78 is 0. The third-order valence-electron chi connectivity index (χ3n) is 3.41. The number of thiophene rings is 1. The summed E-state index contributed by atoms with van der Waals surface area (Å²) in [5, 5.41) is 6.79. The van der Waals surface area contributed by atoms with Gasteiger partial charge in [-0.3, -0.25) is 0 Å². The Labute approximate surface area is 128 Å². The van der Waals surface area contributed by atoms with Crippen molar-refractivity contribution < 1.29 is 0 Å². The first-order valence-corrected chi connectivity index (χ1v) is 9.01. The maximum absolute atomic E-state index is 4.65. The standard InChI is InChI=1S/C15H21N3S2/c1-2-7-16-9-14-10-17-15(20-14)18(12-5-6-12)11-13-4-3-8-19-13/h3-4,8,10,12,16H,2,5-7,9,11H2,1H3. The van der Waals surface area contributed by atoms with Gasteiger partial charge in [0.2, 0.25) is 0 Å². The zero-order chi connectivity index (χ0) is 13.8. The minimum Gasteiger partial charge on any atom is -0.340 e. The van der Waals surface area contributed by atoms with Crippen LogP contribution in [0, 0.1) is 0 Å². The van der Waals surface area contributed by atoms with Crippen LogP contribution < -0.4 is 10.2 Å². The fourth-order valence-electron chi connectivity index (χ4n) is 2.21. The van der Waals surface area contributed by atoms with Crippen LogP contribution in [-0.4, -0.2) is 17.6 Å². The molecule has 0 aliphatic heterocycles. The molecule has 108 valence electrons. The Morgan fingerprint density at radius 2 is 2.30 bits per heavy atom. The van der Waals surface area contributed by atoms with Crippen molar-refractivity contribution in [3.05, 3.63) is 33.5 Å². The van der Waals surface area contributed by atoms with Crippen LogP contribution in [0.15, 0.2) is 23.7 Å². The first-order valence-electron chi connectivity index (χ1n) is 7.31. The van der Waals surface area contributed by atoms with Crippen LogP contribution in [0.5, 0.6) is 0 Å². The van der Waals surface area contributed by atoms with E-state index in [1.807, 2.05) is 28.9 Å². The van der Waals surface area contributed by atoms with Crippen molar-refractivity contribution in [3.63, 3.8) is 0 Å². The van der Waals surface area contributed by atoms with Crippen molar-refractivity contribution >= 4 is 27.8 Å². The van der Waals surface area contributed by atoms with Gasteiger partial charge in [0.15, 0.2) is 5.13 Å². The minimum absolute atomic E-state index is 0.708. The first-order chi connectivity index (χ1) is 9.86. The number of hydrogen-bond donors (Lipinski definition) is 1. The lowest BCUT2D eigenvalue weighted by atomic mass is 10.4. The first kappa shape index (κ1) is 14.0. The van der Waals surface area contributed by atoms with Gasteiger partial charge >= 0.3 is 0 Å². The van der Waals surface area contributed by atoms with Crippen LogP contribution >= 0.6 is 22.7 Å². The van der Waals surface area contributed by atoms with Crippen molar-refractivity contribution in [2.45, 2.75) is 45.3 Å². The van der Waals surface area contributed by atoms with Gasteiger partial charge in [-0.2, -0.15) is 0 Å². The van der Waals surface area contributed by atoms with Crippen molar-refractivity contribution in [2.75, 3.05) is 11.4 Å². The van der Waals surface area contributed by atoms with Crippen molar-refractivity contribution in [1.82, 2.24) is 10.3 Å². The molecule has 1 aliphatic rings. The Bertz CT molecular complexity index is 517. The number of anilines is 1. The van der Waals surface area contributed by atoms with E-state index in [0.29, 0.717) is 6.04 Å². The molecule has 0 radical (unpaired) electrons. The summed E-state index contributed by atoms with van der Waals surface area (Å²) in [5.41, 5.74) is 0. The molecule has 0 amide bonds. The lowest BCUT2D eigenvalue weighted by Gasteiger charge is -2.20. The van der Waals surface area contributed by atoms with Gasteiger partial charge in [-0.25, -0.2) is 4.98 Å². The van der Waals surface area contributed by atoms with E-state index in [1.54, 1.807) is 0 Å². The smallest absolute Gasteiger partial charge is 0.186 e. The third-order valence-corrected chi connectivity index (χ3v) is 5.30. The number of nitrogens with zero attached hydrogens (tertiary/aromatic N) is 2. The average Bonchev–Trinajstić information content (AvgIpc) is 2.98. The number of aromatic nitrogens is 1. The van der Waals surface area contributed by atoms with E-state index in [1.165, 1.54) is 34.1 Å². The Hall–Kier alpha value is -0.910. The van der Waals surface area contributed by atoms with E-state index >= 15 is 0 Å². The van der Waals surface area contributed by atoms with Gasteiger partial charge in [0.25, 0.3) is 0 Å². The van der Waals surface area contributed by atoms with E-state index in [-0.39, 0.29) is 0 Å². The summed E-state index contributed by atoms with van der Waals surface area (Å²) >= 11 is 3.68. The lowest BCUT2D eigenvalue weighted by molar-refractivity contribution is 0.681. The predicted octanol–water partition coefficient (Wildman–Crippen LogP) is 3.87. The molecule has 1 saturated carbocycles. The van der Waals surface area contributed by atoms with Gasteiger partial charge < -0.3 is 10.2 Å². The van der Waals surface area contributed by atoms with E-state index in [2.05, 4.69) is 39.6 Å². The molecule has 5 heteroatoms. The summed E-state index contributed by atoms with van der Waals surface area (Å²) in [4.78, 5) is 9.90. The molecule has 2 heterocycles. The maximum Gasteiger partial charge on any atom is 0.186 e. The van der Waals surface area contributed by atoms with Crippen LogP contribution in [0.4, 0.5) is 5.13 Å². The molecule has 0 spiro atoms. The predicted molar refractivity (Wildman–Crippen MR) is 87.6 cm³/mol. The summed E-state index contributed by atoms with van der Waals surface area (Å²) in [7, 11) is 0. The molecule has 20 heavy (non-hydrogen) atoms. The normalized spacial score (nSPS) is 14.7. The SMILES string of the molecule is CCCNCc1cnc(N(Cc2cccs2)C2CC2)s1. The number of hydrogen-bond acceptors (Lipinski definition) is 5. The van der Waals surface area contributed by atoms with Gasteiger partial charge in [-0.15, -0.1) is 22.7 Å². The molecule has 3 rings (SSSR count). The quantitative estimate of drug-likeness (QED) is 0.750. The molecule has 0 bridgehead atoms. The molecular formula is C15H21N3S2. The minimum atomic E-state index is 0.708. The fourth-order valence-corrected chi connectivity index (χ4v) is 3.86. The molecule has 2 aromatic heterocycles. The van der Waals surface area contributed by atoms with Gasteiger partial charge in [0, 0.05) is 28.5 Å². The average molecular weight is 307 g/mol. The number of rotatable bonds is 8. The molecule has 2 aromatic rings. The number of nitrogens with one attached hydrogen (secondary N) is 1. The fraction of sp³-hybridized carbons (Fsp3) is 0.533. The Morgan fingerprint density at radius 1 is 1.40 bits per heavy atom. The van der Waals surface area contributed by atoms with E-state index in [4.69, 9.17) is 0 Å². The number of thiazole rings is 1. The molecule has 1 aliphatic carbocycles. The van der Waals surface area contributed by atoms with E-state index in [9.17, 15) is 0 Å². The summed E-state index contributed by atoms with van der Waals surface area (Å²) in [6.07, 6.45) is 5.84. The topological polar surface area (TPSA) is 28.2 Å². The summed E-state index contributed by atoms with van der Waals surface area (Å²) in [6, 6.07) is 5.06. The largest absolute Gasteiger partial charge is 0.340 e. The Balaban J connectivity index is 1.65. The zero-order valence-electron chi connectivity index (χ0n) is 11.8. The molecule has 3 nitrogen and oxygen atoms in total. The molecule has 0 unspecified atom stereocenters. The molecule has 0 aromatic carbocycles. The van der Waals surface area contributed by atoms with Crippen LogP contribution in [0.25, 0.3) is 0 Å². The van der Waals surface area contributed by atoms with Crippen LogP contribution in [0.2, 0.25) is 0 Å². The Kier molecular flexibility index (Phi) is 4.70. The summed E-state index contributed by atoms with van der Waals surface area (Å²) in [6.45, 7) is 5.23. The van der Waals surface area contributed by atoms with Gasteiger partial charge in [-0.05, 0) is 37.3 Å². The molecule has 0 atom stereocenters. The van der Waals surface area contributed by atoms with Crippen molar-refractivity contribution in [3.8, 4) is 0 Å². The lowest BCUT2D eigenvalue weighted by Crippen LogP contribution is -2.24. The third kappa shape index (κ3) is 3.59. The second kappa shape index (κ2) is 6.70. The highest BCUT2D eigenvalue weighted by molar-refractivity contribution is 7.15. The second-order valence-corrected chi connectivity index (χ2v) is 7.35. The van der Waals surface area contributed by atoms with Crippen LogP contribution in [-0.2, 0) is 13.1 Å². The van der Waals surface area contributed by atoms with Crippen LogP contribution in [0.3, 0.4) is 0 Å².